The van der Waals surface area contributed by atoms with Crippen molar-refractivity contribution in [3.63, 3.8) is 0 Å². The van der Waals surface area contributed by atoms with E-state index in [-0.39, 0.29) is 11.8 Å². The Bertz CT molecular complexity index is 1060. The SMILES string of the molecule is CN(C)C(=O)c1ccc(CC2CCN(C(=O)c3nn(C)c4ccccc34)CC2)cc1. The molecule has 1 aromatic heterocycles. The minimum absolute atomic E-state index is 0.0235. The first-order chi connectivity index (χ1) is 14.4. The molecule has 4 rings (SSSR count). The van der Waals surface area contributed by atoms with Gasteiger partial charge in [-0.25, -0.2) is 0 Å². The molecule has 1 aliphatic rings. The van der Waals surface area contributed by atoms with Gasteiger partial charge in [0.15, 0.2) is 5.69 Å². The van der Waals surface area contributed by atoms with Crippen LogP contribution in [-0.4, -0.2) is 58.6 Å². The Hall–Kier alpha value is -3.15. The van der Waals surface area contributed by atoms with Crippen molar-refractivity contribution in [2.24, 2.45) is 13.0 Å². The molecule has 0 radical (unpaired) electrons. The smallest absolute Gasteiger partial charge is 0.275 e. The molecular weight excluding hydrogens is 376 g/mol. The average molecular weight is 405 g/mol. The molecule has 6 heteroatoms. The Labute approximate surface area is 177 Å². The van der Waals surface area contributed by atoms with Crippen LogP contribution >= 0.6 is 0 Å². The highest BCUT2D eigenvalue weighted by molar-refractivity contribution is 6.04. The molecular formula is C24H28N4O2. The molecule has 2 amide bonds. The lowest BCUT2D eigenvalue weighted by Gasteiger charge is -2.31. The minimum Gasteiger partial charge on any atom is -0.345 e. The van der Waals surface area contributed by atoms with Gasteiger partial charge in [0.25, 0.3) is 11.8 Å². The summed E-state index contributed by atoms with van der Waals surface area (Å²) in [5.74, 6) is 0.595. The Balaban J connectivity index is 1.37. The van der Waals surface area contributed by atoms with E-state index < -0.39 is 0 Å². The molecule has 0 saturated carbocycles. The maximum Gasteiger partial charge on any atom is 0.275 e. The van der Waals surface area contributed by atoms with Gasteiger partial charge in [-0.3, -0.25) is 14.3 Å². The van der Waals surface area contributed by atoms with E-state index in [1.807, 2.05) is 60.5 Å². The lowest BCUT2D eigenvalue weighted by atomic mass is 9.89. The lowest BCUT2D eigenvalue weighted by Crippen LogP contribution is -2.39. The van der Waals surface area contributed by atoms with Gasteiger partial charge in [0, 0.05) is 45.2 Å². The van der Waals surface area contributed by atoms with Gasteiger partial charge in [0.2, 0.25) is 0 Å². The first-order valence-electron chi connectivity index (χ1n) is 10.5. The predicted molar refractivity (Wildman–Crippen MR) is 118 cm³/mol. The van der Waals surface area contributed by atoms with E-state index in [1.54, 1.807) is 23.7 Å². The normalized spacial score (nSPS) is 14.8. The van der Waals surface area contributed by atoms with Crippen molar-refractivity contribution < 1.29 is 9.59 Å². The number of hydrogen-bond acceptors (Lipinski definition) is 3. The van der Waals surface area contributed by atoms with Crippen molar-refractivity contribution in [3.8, 4) is 0 Å². The highest BCUT2D eigenvalue weighted by Gasteiger charge is 2.26. The second-order valence-electron chi connectivity index (χ2n) is 8.33. The number of fused-ring (bicyclic) bond motifs is 1. The van der Waals surface area contributed by atoms with Gasteiger partial charge in [-0.05, 0) is 48.9 Å². The average Bonchev–Trinajstić information content (AvgIpc) is 3.10. The number of aromatic nitrogens is 2. The number of likely N-dealkylation sites (tertiary alicyclic amines) is 1. The van der Waals surface area contributed by atoms with Crippen LogP contribution in [0.15, 0.2) is 48.5 Å². The maximum atomic E-state index is 13.1. The number of hydrogen-bond donors (Lipinski definition) is 0. The molecule has 0 aliphatic carbocycles. The van der Waals surface area contributed by atoms with Crippen molar-refractivity contribution in [2.75, 3.05) is 27.2 Å². The molecule has 1 fully saturated rings. The van der Waals surface area contributed by atoms with Crippen molar-refractivity contribution in [1.82, 2.24) is 19.6 Å². The number of aryl methyl sites for hydroxylation is 1. The van der Waals surface area contributed by atoms with Gasteiger partial charge in [-0.1, -0.05) is 30.3 Å². The second kappa shape index (κ2) is 8.30. The fraction of sp³-hybridized carbons (Fsp3) is 0.375. The first kappa shape index (κ1) is 20.1. The third-order valence-electron chi connectivity index (χ3n) is 5.99. The zero-order chi connectivity index (χ0) is 21.3. The molecule has 156 valence electrons. The quantitative estimate of drug-likeness (QED) is 0.670. The van der Waals surface area contributed by atoms with Gasteiger partial charge >= 0.3 is 0 Å². The van der Waals surface area contributed by atoms with Crippen LogP contribution in [-0.2, 0) is 13.5 Å². The summed E-state index contributed by atoms with van der Waals surface area (Å²) in [4.78, 5) is 28.6. The van der Waals surface area contributed by atoms with Gasteiger partial charge in [0.1, 0.15) is 0 Å². The Morgan fingerprint density at radius 3 is 2.37 bits per heavy atom. The summed E-state index contributed by atoms with van der Waals surface area (Å²) in [7, 11) is 5.40. The standard InChI is InChI=1S/C24H28N4O2/c1-26(2)23(29)19-10-8-17(9-11-19)16-18-12-14-28(15-13-18)24(30)22-20-6-4-5-7-21(20)27(3)25-22/h4-11,18H,12-16H2,1-3H3. The van der Waals surface area contributed by atoms with Gasteiger partial charge < -0.3 is 9.80 Å². The van der Waals surface area contributed by atoms with Gasteiger partial charge in [0.05, 0.1) is 5.52 Å². The topological polar surface area (TPSA) is 58.4 Å². The summed E-state index contributed by atoms with van der Waals surface area (Å²) in [6, 6.07) is 15.8. The van der Waals surface area contributed by atoms with Crippen LogP contribution in [0, 0.1) is 5.92 Å². The monoisotopic (exact) mass is 404 g/mol. The number of rotatable bonds is 4. The van der Waals surface area contributed by atoms with E-state index in [0.717, 1.165) is 43.3 Å². The Morgan fingerprint density at radius 2 is 1.70 bits per heavy atom. The molecule has 6 nitrogen and oxygen atoms in total. The first-order valence-corrected chi connectivity index (χ1v) is 10.5. The fourth-order valence-corrected chi connectivity index (χ4v) is 4.24. The third-order valence-corrected chi connectivity index (χ3v) is 5.99. The van der Waals surface area contributed by atoms with Gasteiger partial charge in [-0.15, -0.1) is 0 Å². The van der Waals surface area contributed by atoms with Crippen LogP contribution in [0.4, 0.5) is 0 Å². The zero-order valence-electron chi connectivity index (χ0n) is 17.8. The number of carbonyl (C=O) groups is 2. The van der Waals surface area contributed by atoms with Crippen molar-refractivity contribution >= 4 is 22.7 Å². The fourth-order valence-electron chi connectivity index (χ4n) is 4.24. The van der Waals surface area contributed by atoms with Crippen molar-refractivity contribution in [2.45, 2.75) is 19.3 Å². The van der Waals surface area contributed by atoms with Gasteiger partial charge in [-0.2, -0.15) is 5.10 Å². The molecule has 3 aromatic rings. The summed E-state index contributed by atoms with van der Waals surface area (Å²) in [5.41, 5.74) is 3.48. The summed E-state index contributed by atoms with van der Waals surface area (Å²) >= 11 is 0. The summed E-state index contributed by atoms with van der Waals surface area (Å²) in [6.45, 7) is 1.51. The highest BCUT2D eigenvalue weighted by Crippen LogP contribution is 2.25. The molecule has 1 aliphatic heterocycles. The van der Waals surface area contributed by atoms with Crippen molar-refractivity contribution in [3.05, 3.63) is 65.4 Å². The number of piperidine rings is 1. The highest BCUT2D eigenvalue weighted by atomic mass is 16.2. The van der Waals surface area contributed by atoms with Crippen molar-refractivity contribution in [1.29, 1.82) is 0 Å². The van der Waals surface area contributed by atoms with E-state index in [4.69, 9.17) is 0 Å². The molecule has 0 atom stereocenters. The maximum absolute atomic E-state index is 13.1. The molecule has 1 saturated heterocycles. The molecule has 0 bridgehead atoms. The van der Waals surface area contributed by atoms with E-state index in [1.165, 1.54) is 5.56 Å². The lowest BCUT2D eigenvalue weighted by molar-refractivity contribution is 0.0685. The van der Waals surface area contributed by atoms with E-state index in [2.05, 4.69) is 5.10 Å². The number of amides is 2. The summed E-state index contributed by atoms with van der Waals surface area (Å²) in [6.07, 6.45) is 2.94. The van der Waals surface area contributed by atoms with Crippen LogP contribution in [0.1, 0.15) is 39.3 Å². The Kier molecular flexibility index (Phi) is 5.57. The molecule has 0 spiro atoms. The molecule has 0 unspecified atom stereocenters. The van der Waals surface area contributed by atoms with Crippen LogP contribution in [0.25, 0.3) is 10.9 Å². The second-order valence-corrected chi connectivity index (χ2v) is 8.33. The summed E-state index contributed by atoms with van der Waals surface area (Å²) in [5, 5.41) is 5.40. The van der Waals surface area contributed by atoms with E-state index in [9.17, 15) is 9.59 Å². The number of carbonyl (C=O) groups excluding carboxylic acids is 2. The number of benzene rings is 2. The number of para-hydroxylation sites is 1. The predicted octanol–water partition coefficient (Wildman–Crippen LogP) is 3.37. The largest absolute Gasteiger partial charge is 0.345 e. The third kappa shape index (κ3) is 3.95. The Morgan fingerprint density at radius 1 is 1.03 bits per heavy atom. The molecule has 30 heavy (non-hydrogen) atoms. The van der Waals surface area contributed by atoms with E-state index in [0.29, 0.717) is 17.2 Å². The molecule has 2 heterocycles. The minimum atomic E-state index is 0.0235. The molecule has 2 aromatic carbocycles. The number of nitrogens with zero attached hydrogens (tertiary/aromatic N) is 4. The van der Waals surface area contributed by atoms with Crippen LogP contribution in [0.2, 0.25) is 0 Å². The van der Waals surface area contributed by atoms with Crippen LogP contribution in [0.3, 0.4) is 0 Å². The van der Waals surface area contributed by atoms with E-state index >= 15 is 0 Å². The molecule has 0 N–H and O–H groups in total. The van der Waals surface area contributed by atoms with Crippen LogP contribution < -0.4 is 0 Å². The zero-order valence-corrected chi connectivity index (χ0v) is 17.8. The van der Waals surface area contributed by atoms with Crippen LogP contribution in [0.5, 0.6) is 0 Å². The summed E-state index contributed by atoms with van der Waals surface area (Å²) < 4.78 is 1.78.